The van der Waals surface area contributed by atoms with Gasteiger partial charge in [-0.05, 0) is 19.4 Å². The van der Waals surface area contributed by atoms with Crippen molar-refractivity contribution in [2.75, 3.05) is 20.3 Å². The zero-order valence-electron chi connectivity index (χ0n) is 11.2. The van der Waals surface area contributed by atoms with Crippen LogP contribution in [-0.4, -0.2) is 31.8 Å². The Morgan fingerprint density at radius 3 is 2.56 bits per heavy atom. The number of methoxy groups -OCH3 is 1. The molecule has 0 aliphatic heterocycles. The van der Waals surface area contributed by atoms with E-state index < -0.39 is 5.54 Å². The Labute approximate surface area is 108 Å². The molecule has 0 aliphatic rings. The van der Waals surface area contributed by atoms with Gasteiger partial charge in [-0.1, -0.05) is 30.3 Å². The van der Waals surface area contributed by atoms with Crippen molar-refractivity contribution >= 4 is 5.97 Å². The molecule has 1 aromatic rings. The van der Waals surface area contributed by atoms with E-state index in [4.69, 9.17) is 9.47 Å². The van der Waals surface area contributed by atoms with Crippen molar-refractivity contribution < 1.29 is 14.3 Å². The molecule has 0 aliphatic carbocycles. The number of nitrogens with one attached hydrogen (secondary N) is 1. The molecule has 0 heterocycles. The van der Waals surface area contributed by atoms with Crippen molar-refractivity contribution in [3.05, 3.63) is 35.9 Å². The number of rotatable bonds is 7. The first-order valence-corrected chi connectivity index (χ1v) is 6.07. The van der Waals surface area contributed by atoms with Gasteiger partial charge in [-0.25, -0.2) is 4.79 Å². The second-order valence-corrected chi connectivity index (χ2v) is 4.30. The molecule has 4 nitrogen and oxygen atoms in total. The van der Waals surface area contributed by atoms with Crippen LogP contribution in [-0.2, 0) is 20.8 Å². The van der Waals surface area contributed by atoms with Gasteiger partial charge in [-0.2, -0.15) is 0 Å². The fourth-order valence-corrected chi connectivity index (χ4v) is 1.61. The molecule has 0 bridgehead atoms. The first kappa shape index (κ1) is 14.7. The van der Waals surface area contributed by atoms with Crippen LogP contribution in [0.5, 0.6) is 0 Å². The number of hydrogen-bond acceptors (Lipinski definition) is 4. The van der Waals surface area contributed by atoms with E-state index in [1.54, 1.807) is 6.92 Å². The third-order valence-corrected chi connectivity index (χ3v) is 2.76. The van der Waals surface area contributed by atoms with Crippen LogP contribution in [0.4, 0.5) is 0 Å². The molecule has 0 spiro atoms. The zero-order valence-corrected chi connectivity index (χ0v) is 11.2. The number of hydrogen-bond donors (Lipinski definition) is 1. The molecule has 0 fully saturated rings. The fourth-order valence-electron chi connectivity index (χ4n) is 1.61. The Bertz CT molecular complexity index is 367. The average molecular weight is 251 g/mol. The molecular formula is C14H21NO3. The maximum absolute atomic E-state index is 11.8. The van der Waals surface area contributed by atoms with E-state index in [0.29, 0.717) is 19.8 Å². The second-order valence-electron chi connectivity index (χ2n) is 4.30. The number of esters is 1. The predicted molar refractivity (Wildman–Crippen MR) is 70.2 cm³/mol. The first-order chi connectivity index (χ1) is 8.62. The summed E-state index contributed by atoms with van der Waals surface area (Å²) in [7, 11) is 1.39. The van der Waals surface area contributed by atoms with Crippen molar-refractivity contribution in [2.45, 2.75) is 25.9 Å². The minimum absolute atomic E-state index is 0.295. The second kappa shape index (κ2) is 7.13. The molecule has 0 amide bonds. The van der Waals surface area contributed by atoms with E-state index in [1.165, 1.54) is 7.11 Å². The summed E-state index contributed by atoms with van der Waals surface area (Å²) in [6, 6.07) is 9.91. The van der Waals surface area contributed by atoms with E-state index in [-0.39, 0.29) is 5.97 Å². The molecule has 0 radical (unpaired) electrons. The highest BCUT2D eigenvalue weighted by molar-refractivity contribution is 5.80. The smallest absolute Gasteiger partial charge is 0.328 e. The maximum Gasteiger partial charge on any atom is 0.328 e. The SMILES string of the molecule is CCOCC(C)(NCc1ccccc1)C(=O)OC. The van der Waals surface area contributed by atoms with Crippen LogP contribution in [0.2, 0.25) is 0 Å². The van der Waals surface area contributed by atoms with Crippen LogP contribution in [0.1, 0.15) is 19.4 Å². The van der Waals surface area contributed by atoms with Gasteiger partial charge in [0.15, 0.2) is 0 Å². The van der Waals surface area contributed by atoms with E-state index in [0.717, 1.165) is 5.56 Å². The monoisotopic (exact) mass is 251 g/mol. The van der Waals surface area contributed by atoms with Gasteiger partial charge >= 0.3 is 5.97 Å². The highest BCUT2D eigenvalue weighted by Crippen LogP contribution is 2.09. The third kappa shape index (κ3) is 4.13. The highest BCUT2D eigenvalue weighted by atomic mass is 16.5. The Balaban J connectivity index is 2.64. The lowest BCUT2D eigenvalue weighted by Gasteiger charge is -2.27. The van der Waals surface area contributed by atoms with Crippen molar-refractivity contribution in [1.29, 1.82) is 0 Å². The van der Waals surface area contributed by atoms with Gasteiger partial charge in [0, 0.05) is 13.2 Å². The Morgan fingerprint density at radius 1 is 1.33 bits per heavy atom. The Hall–Kier alpha value is -1.39. The summed E-state index contributed by atoms with van der Waals surface area (Å²) >= 11 is 0. The van der Waals surface area contributed by atoms with Crippen LogP contribution in [0.15, 0.2) is 30.3 Å². The van der Waals surface area contributed by atoms with Crippen molar-refractivity contribution in [2.24, 2.45) is 0 Å². The molecular weight excluding hydrogens is 230 g/mol. The van der Waals surface area contributed by atoms with Gasteiger partial charge in [0.05, 0.1) is 13.7 Å². The first-order valence-electron chi connectivity index (χ1n) is 6.07. The fraction of sp³-hybridized carbons (Fsp3) is 0.500. The number of benzene rings is 1. The molecule has 4 heteroatoms. The summed E-state index contributed by atoms with van der Waals surface area (Å²) < 4.78 is 10.2. The van der Waals surface area contributed by atoms with Gasteiger partial charge in [0.1, 0.15) is 5.54 Å². The molecule has 0 aromatic heterocycles. The summed E-state index contributed by atoms with van der Waals surface area (Å²) in [4.78, 5) is 11.8. The van der Waals surface area contributed by atoms with Crippen LogP contribution >= 0.6 is 0 Å². The molecule has 0 saturated carbocycles. The lowest BCUT2D eigenvalue weighted by atomic mass is 10.0. The quantitative estimate of drug-likeness (QED) is 0.750. The third-order valence-electron chi connectivity index (χ3n) is 2.76. The van der Waals surface area contributed by atoms with E-state index in [9.17, 15) is 4.79 Å². The predicted octanol–water partition coefficient (Wildman–Crippen LogP) is 1.74. The average Bonchev–Trinajstić information content (AvgIpc) is 2.43. The Kier molecular flexibility index (Phi) is 5.82. The molecule has 1 unspecified atom stereocenters. The van der Waals surface area contributed by atoms with Crippen LogP contribution in [0, 0.1) is 0 Å². The van der Waals surface area contributed by atoms with E-state index in [2.05, 4.69) is 5.32 Å². The molecule has 1 aromatic carbocycles. The van der Waals surface area contributed by atoms with Gasteiger partial charge in [-0.15, -0.1) is 0 Å². The van der Waals surface area contributed by atoms with Crippen LogP contribution < -0.4 is 5.32 Å². The highest BCUT2D eigenvalue weighted by Gasteiger charge is 2.34. The summed E-state index contributed by atoms with van der Waals surface area (Å²) in [5.74, 6) is -0.313. The van der Waals surface area contributed by atoms with Gasteiger partial charge in [-0.3, -0.25) is 5.32 Å². The molecule has 0 saturated heterocycles. The minimum atomic E-state index is -0.819. The number of carbonyl (C=O) groups excluding carboxylic acids is 1. The summed E-state index contributed by atoms with van der Waals surface area (Å²) in [6.07, 6.45) is 0. The van der Waals surface area contributed by atoms with Gasteiger partial charge in [0.25, 0.3) is 0 Å². The lowest BCUT2D eigenvalue weighted by molar-refractivity contribution is -0.150. The molecule has 1 N–H and O–H groups in total. The van der Waals surface area contributed by atoms with Crippen LogP contribution in [0.25, 0.3) is 0 Å². The van der Waals surface area contributed by atoms with Crippen LogP contribution in [0.3, 0.4) is 0 Å². The van der Waals surface area contributed by atoms with E-state index >= 15 is 0 Å². The molecule has 18 heavy (non-hydrogen) atoms. The van der Waals surface area contributed by atoms with E-state index in [1.807, 2.05) is 37.3 Å². The molecule has 100 valence electrons. The topological polar surface area (TPSA) is 47.6 Å². The molecule has 1 rings (SSSR count). The number of carbonyl (C=O) groups is 1. The normalized spacial score (nSPS) is 13.9. The molecule has 1 atom stereocenters. The van der Waals surface area contributed by atoms with Crippen molar-refractivity contribution in [1.82, 2.24) is 5.32 Å². The minimum Gasteiger partial charge on any atom is -0.468 e. The number of ether oxygens (including phenoxy) is 2. The Morgan fingerprint density at radius 2 is 2.00 bits per heavy atom. The van der Waals surface area contributed by atoms with Crippen molar-refractivity contribution in [3.8, 4) is 0 Å². The standard InChI is InChI=1S/C14H21NO3/c1-4-18-11-14(2,13(16)17-3)15-10-12-8-6-5-7-9-12/h5-9,15H,4,10-11H2,1-3H3. The van der Waals surface area contributed by atoms with Gasteiger partial charge < -0.3 is 9.47 Å². The maximum atomic E-state index is 11.8. The lowest BCUT2D eigenvalue weighted by Crippen LogP contribution is -2.53. The zero-order chi connectivity index (χ0) is 13.4. The summed E-state index contributed by atoms with van der Waals surface area (Å²) in [6.45, 7) is 5.15. The van der Waals surface area contributed by atoms with Crippen molar-refractivity contribution in [3.63, 3.8) is 0 Å². The largest absolute Gasteiger partial charge is 0.468 e. The van der Waals surface area contributed by atoms with Gasteiger partial charge in [0.2, 0.25) is 0 Å². The summed E-state index contributed by atoms with van der Waals surface area (Å²) in [5.41, 5.74) is 0.296. The summed E-state index contributed by atoms with van der Waals surface area (Å²) in [5, 5.41) is 3.20.